The third-order valence-corrected chi connectivity index (χ3v) is 2.71. The van der Waals surface area contributed by atoms with Crippen molar-refractivity contribution >= 4 is 11.6 Å². The van der Waals surface area contributed by atoms with Crippen molar-refractivity contribution in [2.75, 3.05) is 13.2 Å². The van der Waals surface area contributed by atoms with Gasteiger partial charge >= 0.3 is 0 Å². The van der Waals surface area contributed by atoms with Crippen molar-refractivity contribution in [1.29, 1.82) is 0 Å². The molecule has 2 aliphatic rings. The molecule has 0 bridgehead atoms. The minimum atomic E-state index is -0.341. The van der Waals surface area contributed by atoms with E-state index in [9.17, 15) is 4.39 Å². The molecule has 0 radical (unpaired) electrons. The highest BCUT2D eigenvalue weighted by Gasteiger charge is 2.14. The molecule has 3 N–H and O–H groups in total. The van der Waals surface area contributed by atoms with Crippen LogP contribution in [0.1, 0.15) is 6.42 Å². The third kappa shape index (κ3) is 2.73. The van der Waals surface area contributed by atoms with Crippen LogP contribution in [0.15, 0.2) is 34.9 Å². The van der Waals surface area contributed by atoms with Crippen LogP contribution in [0.2, 0.25) is 0 Å². The van der Waals surface area contributed by atoms with Gasteiger partial charge in [0, 0.05) is 24.5 Å². The van der Waals surface area contributed by atoms with Gasteiger partial charge in [0.25, 0.3) is 0 Å². The van der Waals surface area contributed by atoms with Gasteiger partial charge in [-0.15, -0.1) is 0 Å². The summed E-state index contributed by atoms with van der Waals surface area (Å²) in [6.45, 7) is 1.46. The molecular formula is C10H13ClFN3. The van der Waals surface area contributed by atoms with Gasteiger partial charge in [0.15, 0.2) is 0 Å². The Balaban J connectivity index is 1.82. The number of halogens is 2. The van der Waals surface area contributed by atoms with Gasteiger partial charge < -0.3 is 16.0 Å². The van der Waals surface area contributed by atoms with Gasteiger partial charge in [-0.3, -0.25) is 0 Å². The Bertz CT molecular complexity index is 336. The molecule has 3 nitrogen and oxygen atoms in total. The second-order valence-electron chi connectivity index (χ2n) is 3.52. The van der Waals surface area contributed by atoms with Crippen LogP contribution in [0.4, 0.5) is 4.39 Å². The summed E-state index contributed by atoms with van der Waals surface area (Å²) < 4.78 is 13.1. The molecule has 1 atom stereocenters. The molecule has 5 heteroatoms. The second-order valence-corrected chi connectivity index (χ2v) is 3.92. The fourth-order valence-corrected chi connectivity index (χ4v) is 1.69. The minimum Gasteiger partial charge on any atom is -0.372 e. The molecule has 1 heterocycles. The number of hydrogen-bond donors (Lipinski definition) is 3. The Morgan fingerprint density at radius 1 is 1.60 bits per heavy atom. The molecule has 1 aliphatic heterocycles. The molecular weight excluding hydrogens is 217 g/mol. The first-order valence-electron chi connectivity index (χ1n) is 4.89. The summed E-state index contributed by atoms with van der Waals surface area (Å²) >= 11 is 5.62. The highest BCUT2D eigenvalue weighted by atomic mass is 35.5. The molecule has 0 saturated heterocycles. The van der Waals surface area contributed by atoms with E-state index in [2.05, 4.69) is 16.0 Å². The normalized spacial score (nSPS) is 24.9. The fourth-order valence-electron chi connectivity index (χ4n) is 1.54. The van der Waals surface area contributed by atoms with Gasteiger partial charge in [0.2, 0.25) is 0 Å². The van der Waals surface area contributed by atoms with Gasteiger partial charge in [-0.25, -0.2) is 4.39 Å². The van der Waals surface area contributed by atoms with E-state index >= 15 is 0 Å². The summed E-state index contributed by atoms with van der Waals surface area (Å²) in [5.74, 6) is -0.341. The van der Waals surface area contributed by atoms with E-state index in [4.69, 9.17) is 11.6 Å². The zero-order chi connectivity index (χ0) is 10.7. The van der Waals surface area contributed by atoms with Crippen LogP contribution in [-0.2, 0) is 0 Å². The molecule has 82 valence electrons. The summed E-state index contributed by atoms with van der Waals surface area (Å²) in [5.41, 5.74) is 1.09. The average Bonchev–Trinajstić information content (AvgIpc) is 2.73. The molecule has 1 unspecified atom stereocenters. The molecule has 0 fully saturated rings. The van der Waals surface area contributed by atoms with E-state index in [-0.39, 0.29) is 16.9 Å². The first-order valence-corrected chi connectivity index (χ1v) is 5.26. The topological polar surface area (TPSA) is 36.1 Å². The smallest absolute Gasteiger partial charge is 0.139 e. The van der Waals surface area contributed by atoms with Crippen LogP contribution in [0.5, 0.6) is 0 Å². The lowest BCUT2D eigenvalue weighted by atomic mass is 10.1. The maximum absolute atomic E-state index is 13.1. The molecule has 1 aliphatic carbocycles. The van der Waals surface area contributed by atoms with Crippen molar-refractivity contribution in [3.63, 3.8) is 0 Å². The predicted octanol–water partition coefficient (Wildman–Crippen LogP) is 1.32. The summed E-state index contributed by atoms with van der Waals surface area (Å²) in [7, 11) is 0. The van der Waals surface area contributed by atoms with Crippen molar-refractivity contribution in [1.82, 2.24) is 16.0 Å². The van der Waals surface area contributed by atoms with E-state index in [1.807, 2.05) is 6.20 Å². The summed E-state index contributed by atoms with van der Waals surface area (Å²) in [4.78, 5) is 0. The molecule has 2 rings (SSSR count). The molecule has 0 aromatic rings. The van der Waals surface area contributed by atoms with Gasteiger partial charge in [-0.1, -0.05) is 17.7 Å². The number of nitrogens with one attached hydrogen (secondary N) is 3. The van der Waals surface area contributed by atoms with Gasteiger partial charge in [-0.05, 0) is 12.5 Å². The Hall–Kier alpha value is -1.00. The predicted molar refractivity (Wildman–Crippen MR) is 58.8 cm³/mol. The van der Waals surface area contributed by atoms with Gasteiger partial charge in [0.05, 0.1) is 11.7 Å². The molecule has 0 saturated carbocycles. The summed E-state index contributed by atoms with van der Waals surface area (Å²) in [6, 6.07) is 0.0239. The first kappa shape index (κ1) is 10.5. The van der Waals surface area contributed by atoms with E-state index in [1.54, 1.807) is 6.08 Å². The van der Waals surface area contributed by atoms with Crippen molar-refractivity contribution < 1.29 is 4.39 Å². The summed E-state index contributed by atoms with van der Waals surface area (Å²) in [6.07, 6.45) is 5.86. The SMILES string of the molecule is FC1=CC(NCC2=CNCN2)CC=C1Cl. The molecule has 0 spiro atoms. The zero-order valence-electron chi connectivity index (χ0n) is 8.19. The summed E-state index contributed by atoms with van der Waals surface area (Å²) in [5, 5.41) is 9.63. The fraction of sp³-hybridized carbons (Fsp3) is 0.400. The number of hydrogen-bond acceptors (Lipinski definition) is 3. The van der Waals surface area contributed by atoms with E-state index in [1.165, 1.54) is 6.08 Å². The quantitative estimate of drug-likeness (QED) is 0.683. The monoisotopic (exact) mass is 229 g/mol. The molecule has 0 amide bonds. The van der Waals surface area contributed by atoms with Crippen molar-refractivity contribution in [2.45, 2.75) is 12.5 Å². The van der Waals surface area contributed by atoms with Crippen molar-refractivity contribution in [3.05, 3.63) is 34.9 Å². The standard InChI is InChI=1S/C10H13ClFN3/c11-9-2-1-7(3-10(9)12)14-5-8-4-13-6-15-8/h2-4,7,13-15H,1,5-6H2. The zero-order valence-corrected chi connectivity index (χ0v) is 8.94. The van der Waals surface area contributed by atoms with Crippen LogP contribution in [0, 0.1) is 0 Å². The third-order valence-electron chi connectivity index (χ3n) is 2.38. The largest absolute Gasteiger partial charge is 0.372 e. The Morgan fingerprint density at radius 2 is 2.47 bits per heavy atom. The van der Waals surface area contributed by atoms with Crippen LogP contribution in [0.25, 0.3) is 0 Å². The van der Waals surface area contributed by atoms with Crippen LogP contribution in [-0.4, -0.2) is 19.3 Å². The first-order chi connectivity index (χ1) is 7.25. The lowest BCUT2D eigenvalue weighted by molar-refractivity contribution is 0.573. The molecule has 0 aromatic heterocycles. The second kappa shape index (κ2) is 4.68. The minimum absolute atomic E-state index is 0.0239. The number of rotatable bonds is 3. The lowest BCUT2D eigenvalue weighted by Gasteiger charge is -2.17. The van der Waals surface area contributed by atoms with E-state index < -0.39 is 0 Å². The van der Waals surface area contributed by atoms with Crippen LogP contribution < -0.4 is 16.0 Å². The Kier molecular flexibility index (Phi) is 3.28. The molecule has 15 heavy (non-hydrogen) atoms. The highest BCUT2D eigenvalue weighted by Crippen LogP contribution is 2.22. The lowest BCUT2D eigenvalue weighted by Crippen LogP contribution is -2.32. The molecule has 0 aromatic carbocycles. The maximum Gasteiger partial charge on any atom is 0.139 e. The van der Waals surface area contributed by atoms with Crippen LogP contribution in [0.3, 0.4) is 0 Å². The van der Waals surface area contributed by atoms with Gasteiger partial charge in [-0.2, -0.15) is 0 Å². The average molecular weight is 230 g/mol. The van der Waals surface area contributed by atoms with Crippen molar-refractivity contribution in [2.24, 2.45) is 0 Å². The maximum atomic E-state index is 13.1. The van der Waals surface area contributed by atoms with Crippen LogP contribution >= 0.6 is 11.6 Å². The van der Waals surface area contributed by atoms with E-state index in [0.29, 0.717) is 6.54 Å². The Labute approximate surface area is 93.1 Å². The van der Waals surface area contributed by atoms with E-state index in [0.717, 1.165) is 18.8 Å². The van der Waals surface area contributed by atoms with Gasteiger partial charge in [0.1, 0.15) is 5.83 Å². The Morgan fingerprint density at radius 3 is 3.13 bits per heavy atom. The highest BCUT2D eigenvalue weighted by molar-refractivity contribution is 6.31. The van der Waals surface area contributed by atoms with Crippen molar-refractivity contribution in [3.8, 4) is 0 Å². The number of allylic oxidation sites excluding steroid dienone is 2.